The molecule has 148 valence electrons. The third-order valence-electron chi connectivity index (χ3n) is 3.92. The maximum Gasteiger partial charge on any atom is 0.339 e. The molecule has 2 rings (SSSR count). The molecule has 2 amide bonds. The molecule has 0 aliphatic rings. The number of carbonyl (C=O) groups excluding carboxylic acids is 3. The second kappa shape index (κ2) is 9.57. The van der Waals surface area contributed by atoms with Crippen molar-refractivity contribution in [3.8, 4) is 0 Å². The minimum Gasteiger partial charge on any atom is -0.449 e. The van der Waals surface area contributed by atoms with Gasteiger partial charge in [0.2, 0.25) is 5.91 Å². The van der Waals surface area contributed by atoms with Crippen LogP contribution in [-0.4, -0.2) is 30.4 Å². The molecular weight excluding hydrogens is 403 g/mol. The topological polar surface area (TPSA) is 84.5 Å². The largest absolute Gasteiger partial charge is 0.449 e. The first-order chi connectivity index (χ1) is 13.2. The summed E-state index contributed by atoms with van der Waals surface area (Å²) in [5, 5.41) is 5.76. The van der Waals surface area contributed by atoms with Crippen molar-refractivity contribution in [3.63, 3.8) is 0 Å². The van der Waals surface area contributed by atoms with Gasteiger partial charge in [-0.1, -0.05) is 41.4 Å². The van der Waals surface area contributed by atoms with E-state index in [-0.39, 0.29) is 28.1 Å². The van der Waals surface area contributed by atoms with Gasteiger partial charge in [-0.2, -0.15) is 0 Å². The highest BCUT2D eigenvalue weighted by Crippen LogP contribution is 2.20. The second-order valence-electron chi connectivity index (χ2n) is 6.24. The number of amides is 2. The van der Waals surface area contributed by atoms with E-state index in [1.807, 2.05) is 32.0 Å². The number of ether oxygens (including phenoxy) is 1. The number of esters is 1. The predicted molar refractivity (Wildman–Crippen MR) is 109 cm³/mol. The summed E-state index contributed by atoms with van der Waals surface area (Å²) in [6.07, 6.45) is -1.10. The SMILES string of the molecule is Cc1cccc(C)c1NC(=O)CNC(=O)C(C)OC(=O)c1cc(Cl)cc(Cl)c1. The lowest BCUT2D eigenvalue weighted by Gasteiger charge is -2.15. The zero-order chi connectivity index (χ0) is 20.8. The van der Waals surface area contributed by atoms with E-state index >= 15 is 0 Å². The molecule has 0 fully saturated rings. The van der Waals surface area contributed by atoms with Crippen molar-refractivity contribution in [1.29, 1.82) is 0 Å². The van der Waals surface area contributed by atoms with Gasteiger partial charge >= 0.3 is 5.97 Å². The summed E-state index contributed by atoms with van der Waals surface area (Å²) in [5.41, 5.74) is 2.67. The molecule has 0 radical (unpaired) electrons. The Labute approximate surface area is 173 Å². The molecule has 0 aliphatic heterocycles. The molecule has 0 aliphatic carbocycles. The smallest absolute Gasteiger partial charge is 0.339 e. The number of para-hydroxylation sites is 1. The molecule has 8 heteroatoms. The van der Waals surface area contributed by atoms with E-state index in [0.29, 0.717) is 5.69 Å². The quantitative estimate of drug-likeness (QED) is 0.690. The lowest BCUT2D eigenvalue weighted by molar-refractivity contribution is -0.130. The van der Waals surface area contributed by atoms with E-state index in [1.165, 1.54) is 25.1 Å². The van der Waals surface area contributed by atoms with E-state index in [4.69, 9.17) is 27.9 Å². The number of halogens is 2. The molecule has 0 heterocycles. The monoisotopic (exact) mass is 422 g/mol. The Balaban J connectivity index is 1.88. The summed E-state index contributed by atoms with van der Waals surface area (Å²) in [4.78, 5) is 36.3. The Morgan fingerprint density at radius 2 is 1.61 bits per heavy atom. The maximum atomic E-state index is 12.1. The van der Waals surface area contributed by atoms with E-state index in [2.05, 4.69) is 10.6 Å². The molecule has 1 atom stereocenters. The average molecular weight is 423 g/mol. The molecule has 28 heavy (non-hydrogen) atoms. The first kappa shape index (κ1) is 21.7. The molecule has 0 bridgehead atoms. The third-order valence-corrected chi connectivity index (χ3v) is 4.36. The van der Waals surface area contributed by atoms with Crippen molar-refractivity contribution < 1.29 is 19.1 Å². The standard InChI is InChI=1S/C20H20Cl2N2O4/c1-11-5-4-6-12(2)18(11)24-17(25)10-23-19(26)13(3)28-20(27)14-7-15(21)9-16(22)8-14/h4-9,13H,10H2,1-3H3,(H,23,26)(H,24,25). The molecule has 0 aromatic heterocycles. The van der Waals surface area contributed by atoms with Crippen molar-refractivity contribution >= 4 is 46.7 Å². The minimum atomic E-state index is -1.10. The fourth-order valence-corrected chi connectivity index (χ4v) is 2.99. The van der Waals surface area contributed by atoms with Gasteiger partial charge in [0, 0.05) is 15.7 Å². The normalized spacial score (nSPS) is 11.5. The lowest BCUT2D eigenvalue weighted by atomic mass is 10.1. The first-order valence-corrected chi connectivity index (χ1v) is 9.24. The van der Waals surface area contributed by atoms with Crippen LogP contribution in [0.3, 0.4) is 0 Å². The van der Waals surface area contributed by atoms with Crippen molar-refractivity contribution in [2.45, 2.75) is 26.9 Å². The summed E-state index contributed by atoms with van der Waals surface area (Å²) in [6.45, 7) is 4.91. The summed E-state index contributed by atoms with van der Waals surface area (Å²) in [7, 11) is 0. The molecule has 0 saturated heterocycles. The minimum absolute atomic E-state index is 0.130. The van der Waals surface area contributed by atoms with Crippen LogP contribution in [0.4, 0.5) is 5.69 Å². The zero-order valence-corrected chi connectivity index (χ0v) is 17.1. The Hall–Kier alpha value is -2.57. The third kappa shape index (κ3) is 5.97. The molecule has 0 saturated carbocycles. The molecule has 2 aromatic carbocycles. The van der Waals surface area contributed by atoms with E-state index < -0.39 is 18.0 Å². The van der Waals surface area contributed by atoms with Gasteiger partial charge in [-0.25, -0.2) is 4.79 Å². The Kier molecular flexibility index (Phi) is 7.43. The summed E-state index contributed by atoms with van der Waals surface area (Å²) < 4.78 is 5.10. The van der Waals surface area contributed by atoms with Crippen molar-refractivity contribution in [3.05, 3.63) is 63.1 Å². The zero-order valence-electron chi connectivity index (χ0n) is 15.6. The van der Waals surface area contributed by atoms with Gasteiger partial charge in [0.15, 0.2) is 6.10 Å². The Morgan fingerprint density at radius 1 is 1.04 bits per heavy atom. The van der Waals surface area contributed by atoms with Crippen LogP contribution in [0.25, 0.3) is 0 Å². The highest BCUT2D eigenvalue weighted by Gasteiger charge is 2.20. The van der Waals surface area contributed by atoms with Gasteiger partial charge in [0.05, 0.1) is 12.1 Å². The maximum absolute atomic E-state index is 12.1. The van der Waals surface area contributed by atoms with Gasteiger partial charge in [0.1, 0.15) is 0 Å². The molecule has 2 aromatic rings. The van der Waals surface area contributed by atoms with Crippen LogP contribution in [-0.2, 0) is 14.3 Å². The van der Waals surface area contributed by atoms with Crippen LogP contribution < -0.4 is 10.6 Å². The van der Waals surface area contributed by atoms with E-state index in [1.54, 1.807) is 0 Å². The Morgan fingerprint density at radius 3 is 2.18 bits per heavy atom. The lowest BCUT2D eigenvalue weighted by Crippen LogP contribution is -2.40. The van der Waals surface area contributed by atoms with E-state index in [0.717, 1.165) is 11.1 Å². The van der Waals surface area contributed by atoms with Crippen molar-refractivity contribution in [2.24, 2.45) is 0 Å². The fraction of sp³-hybridized carbons (Fsp3) is 0.250. The van der Waals surface area contributed by atoms with Crippen molar-refractivity contribution in [1.82, 2.24) is 5.32 Å². The summed E-state index contributed by atoms with van der Waals surface area (Å²) >= 11 is 11.7. The molecular formula is C20H20Cl2N2O4. The highest BCUT2D eigenvalue weighted by molar-refractivity contribution is 6.35. The second-order valence-corrected chi connectivity index (χ2v) is 7.11. The number of rotatable bonds is 6. The molecule has 2 N–H and O–H groups in total. The average Bonchev–Trinajstić information content (AvgIpc) is 2.62. The van der Waals surface area contributed by atoms with Gasteiger partial charge in [-0.3, -0.25) is 9.59 Å². The van der Waals surface area contributed by atoms with Crippen LogP contribution >= 0.6 is 23.2 Å². The predicted octanol–water partition coefficient (Wildman–Crippen LogP) is 3.91. The first-order valence-electron chi connectivity index (χ1n) is 8.48. The number of anilines is 1. The van der Waals surface area contributed by atoms with Crippen LogP contribution in [0.2, 0.25) is 10.0 Å². The summed E-state index contributed by atoms with van der Waals surface area (Å²) in [5.74, 6) is -1.73. The van der Waals surface area contributed by atoms with Crippen molar-refractivity contribution in [2.75, 3.05) is 11.9 Å². The van der Waals surface area contributed by atoms with Gasteiger partial charge < -0.3 is 15.4 Å². The van der Waals surface area contributed by atoms with Crippen LogP contribution in [0, 0.1) is 13.8 Å². The van der Waals surface area contributed by atoms with Gasteiger partial charge in [-0.05, 0) is 50.1 Å². The van der Waals surface area contributed by atoms with Crippen LogP contribution in [0.15, 0.2) is 36.4 Å². The number of benzene rings is 2. The summed E-state index contributed by atoms with van der Waals surface area (Å²) in [6, 6.07) is 9.91. The molecule has 1 unspecified atom stereocenters. The Bertz CT molecular complexity index is 875. The van der Waals surface area contributed by atoms with E-state index in [9.17, 15) is 14.4 Å². The molecule has 0 spiro atoms. The van der Waals surface area contributed by atoms with Gasteiger partial charge in [-0.15, -0.1) is 0 Å². The molecule has 6 nitrogen and oxygen atoms in total. The van der Waals surface area contributed by atoms with Crippen LogP contribution in [0.5, 0.6) is 0 Å². The van der Waals surface area contributed by atoms with Crippen LogP contribution in [0.1, 0.15) is 28.4 Å². The van der Waals surface area contributed by atoms with Gasteiger partial charge in [0.25, 0.3) is 5.91 Å². The number of carbonyl (C=O) groups is 3. The fourth-order valence-electron chi connectivity index (χ4n) is 2.46. The number of hydrogen-bond donors (Lipinski definition) is 2. The number of aryl methyl sites for hydroxylation is 2. The number of nitrogens with one attached hydrogen (secondary N) is 2. The highest BCUT2D eigenvalue weighted by atomic mass is 35.5. The number of hydrogen-bond acceptors (Lipinski definition) is 4.